The van der Waals surface area contributed by atoms with Gasteiger partial charge in [0.2, 0.25) is 5.91 Å². The summed E-state index contributed by atoms with van der Waals surface area (Å²) in [5, 5.41) is 11.6. The molecule has 20 heavy (non-hydrogen) atoms. The van der Waals surface area contributed by atoms with Crippen LogP contribution in [0, 0.1) is 17.3 Å². The molecule has 0 atom stereocenters. The lowest BCUT2D eigenvalue weighted by molar-refractivity contribution is -0.124. The number of anilines is 1. The number of carbonyl (C=O) groups excluding carboxylic acids is 1. The van der Waals surface area contributed by atoms with Gasteiger partial charge in [-0.3, -0.25) is 4.79 Å². The van der Waals surface area contributed by atoms with Gasteiger partial charge in [0.05, 0.1) is 6.61 Å². The molecule has 1 amide bonds. The quantitative estimate of drug-likeness (QED) is 0.830. The Bertz CT molecular complexity index is 537. The predicted molar refractivity (Wildman–Crippen MR) is 78.0 cm³/mol. The van der Waals surface area contributed by atoms with E-state index in [2.05, 4.69) is 22.1 Å². The molecule has 2 rings (SSSR count). The van der Waals surface area contributed by atoms with Gasteiger partial charge in [0, 0.05) is 11.8 Å². The fraction of sp³-hybridized carbons (Fsp3) is 0.500. The first-order valence-electron chi connectivity index (χ1n) is 7.02. The van der Waals surface area contributed by atoms with Crippen molar-refractivity contribution in [2.45, 2.75) is 39.0 Å². The Balaban J connectivity index is 2.05. The number of nitrogens with one attached hydrogen (secondary N) is 1. The summed E-state index contributed by atoms with van der Waals surface area (Å²) in [6.07, 6.45) is 4.54. The summed E-state index contributed by atoms with van der Waals surface area (Å²) in [6, 6.07) is 5.38. The van der Waals surface area contributed by atoms with Crippen molar-refractivity contribution in [2.75, 3.05) is 11.9 Å². The van der Waals surface area contributed by atoms with E-state index in [9.17, 15) is 4.79 Å². The Kier molecular flexibility index (Phi) is 4.75. The van der Waals surface area contributed by atoms with Crippen molar-refractivity contribution in [1.29, 1.82) is 0 Å². The highest BCUT2D eigenvalue weighted by Gasteiger charge is 2.36. The van der Waals surface area contributed by atoms with Crippen LogP contribution < -0.4 is 5.32 Å². The van der Waals surface area contributed by atoms with Crippen molar-refractivity contribution >= 4 is 11.7 Å². The maximum atomic E-state index is 12.3. The molecule has 0 saturated heterocycles. The smallest absolute Gasteiger partial charge is 0.231 e. The summed E-state index contributed by atoms with van der Waals surface area (Å²) >= 11 is 0. The first kappa shape index (κ1) is 14.5. The normalized spacial score (nSPS) is 16.3. The first-order chi connectivity index (χ1) is 9.64. The van der Waals surface area contributed by atoms with Gasteiger partial charge in [-0.05, 0) is 30.9 Å². The van der Waals surface area contributed by atoms with Crippen LogP contribution in [0.2, 0.25) is 0 Å². The third-order valence-electron chi connectivity index (χ3n) is 3.70. The zero-order chi connectivity index (χ0) is 14.4. The van der Waals surface area contributed by atoms with Gasteiger partial charge >= 0.3 is 0 Å². The minimum absolute atomic E-state index is 0.0434. The third kappa shape index (κ3) is 3.58. The van der Waals surface area contributed by atoms with Gasteiger partial charge in [-0.2, -0.15) is 0 Å². The standard InChI is InChI=1S/C16H20N2O2/c1-16(10-3-4-11-16)15(20)18-14-9-6-8-13(17-14)7-2-5-12-19/h6,8-9,19H,3-5,10-12H2,1H3,(H,17,18,20). The van der Waals surface area contributed by atoms with Crippen molar-refractivity contribution in [3.63, 3.8) is 0 Å². The van der Waals surface area contributed by atoms with Crippen LogP contribution in [0.15, 0.2) is 18.2 Å². The van der Waals surface area contributed by atoms with E-state index in [1.54, 1.807) is 12.1 Å². The molecule has 1 saturated carbocycles. The fourth-order valence-corrected chi connectivity index (χ4v) is 2.43. The zero-order valence-electron chi connectivity index (χ0n) is 11.8. The van der Waals surface area contributed by atoms with Gasteiger partial charge in [0.1, 0.15) is 11.5 Å². The number of nitrogens with zero attached hydrogens (tertiary/aromatic N) is 1. The van der Waals surface area contributed by atoms with Crippen molar-refractivity contribution in [2.24, 2.45) is 5.41 Å². The molecule has 0 bridgehead atoms. The Labute approximate surface area is 119 Å². The first-order valence-corrected chi connectivity index (χ1v) is 7.02. The molecule has 1 aliphatic rings. The highest BCUT2D eigenvalue weighted by molar-refractivity contribution is 5.94. The molecule has 0 spiro atoms. The molecule has 0 aliphatic heterocycles. The molecule has 1 aromatic heterocycles. The van der Waals surface area contributed by atoms with Gasteiger partial charge in [-0.25, -0.2) is 4.98 Å². The van der Waals surface area contributed by atoms with Crippen LogP contribution in [0.4, 0.5) is 5.82 Å². The second-order valence-electron chi connectivity index (χ2n) is 5.41. The summed E-state index contributed by atoms with van der Waals surface area (Å²) in [5.41, 5.74) is 0.341. The van der Waals surface area contributed by atoms with Crippen molar-refractivity contribution in [1.82, 2.24) is 4.98 Å². The number of aliphatic hydroxyl groups excluding tert-OH is 1. The maximum absolute atomic E-state index is 12.3. The van der Waals surface area contributed by atoms with Crippen LogP contribution in [0.1, 0.15) is 44.7 Å². The van der Waals surface area contributed by atoms with E-state index in [1.807, 2.05) is 13.0 Å². The van der Waals surface area contributed by atoms with Crippen LogP contribution in [0.25, 0.3) is 0 Å². The number of hydrogen-bond donors (Lipinski definition) is 2. The number of aromatic nitrogens is 1. The van der Waals surface area contributed by atoms with Gasteiger partial charge in [-0.15, -0.1) is 0 Å². The van der Waals surface area contributed by atoms with E-state index in [-0.39, 0.29) is 17.9 Å². The number of pyridine rings is 1. The van der Waals surface area contributed by atoms with Crippen LogP contribution in [0.3, 0.4) is 0 Å². The van der Waals surface area contributed by atoms with Crippen LogP contribution in [-0.2, 0) is 4.79 Å². The number of amides is 1. The summed E-state index contributed by atoms with van der Waals surface area (Å²) in [5.74, 6) is 6.27. The molecule has 1 aromatic rings. The number of carbonyl (C=O) groups is 1. The maximum Gasteiger partial charge on any atom is 0.231 e. The second kappa shape index (κ2) is 6.53. The molecule has 1 fully saturated rings. The van der Waals surface area contributed by atoms with E-state index < -0.39 is 0 Å². The zero-order valence-corrected chi connectivity index (χ0v) is 11.8. The van der Waals surface area contributed by atoms with E-state index in [0.29, 0.717) is 17.9 Å². The number of hydrogen-bond acceptors (Lipinski definition) is 3. The average Bonchev–Trinajstić information content (AvgIpc) is 2.88. The lowest BCUT2D eigenvalue weighted by Crippen LogP contribution is -2.31. The Morgan fingerprint density at radius 3 is 2.90 bits per heavy atom. The number of aliphatic hydroxyl groups is 1. The highest BCUT2D eigenvalue weighted by atomic mass is 16.2. The molecule has 1 aliphatic carbocycles. The molecule has 0 aromatic carbocycles. The van der Waals surface area contributed by atoms with Crippen LogP contribution >= 0.6 is 0 Å². The van der Waals surface area contributed by atoms with Crippen molar-refractivity contribution in [3.8, 4) is 11.8 Å². The Morgan fingerprint density at radius 2 is 2.20 bits per heavy atom. The molecular formula is C16H20N2O2. The van der Waals surface area contributed by atoms with Gasteiger partial charge < -0.3 is 10.4 Å². The summed E-state index contributed by atoms with van der Waals surface area (Å²) in [4.78, 5) is 16.6. The van der Waals surface area contributed by atoms with Gasteiger partial charge in [0.25, 0.3) is 0 Å². The average molecular weight is 272 g/mol. The number of rotatable bonds is 3. The minimum atomic E-state index is -0.264. The molecule has 0 radical (unpaired) electrons. The van der Waals surface area contributed by atoms with E-state index in [0.717, 1.165) is 25.7 Å². The third-order valence-corrected chi connectivity index (χ3v) is 3.70. The second-order valence-corrected chi connectivity index (χ2v) is 5.41. The van der Waals surface area contributed by atoms with Crippen LogP contribution in [0.5, 0.6) is 0 Å². The Hall–Kier alpha value is -1.86. The van der Waals surface area contributed by atoms with Gasteiger partial charge in [-0.1, -0.05) is 31.8 Å². The summed E-state index contributed by atoms with van der Waals surface area (Å²) < 4.78 is 0. The molecule has 2 N–H and O–H groups in total. The molecule has 4 heteroatoms. The topological polar surface area (TPSA) is 62.2 Å². The predicted octanol–water partition coefficient (Wildman–Crippen LogP) is 2.33. The molecular weight excluding hydrogens is 252 g/mol. The fourth-order valence-electron chi connectivity index (χ4n) is 2.43. The summed E-state index contributed by atoms with van der Waals surface area (Å²) in [7, 11) is 0. The van der Waals surface area contributed by atoms with E-state index in [1.165, 1.54) is 0 Å². The van der Waals surface area contributed by atoms with Gasteiger partial charge in [0.15, 0.2) is 0 Å². The lowest BCUT2D eigenvalue weighted by Gasteiger charge is -2.21. The van der Waals surface area contributed by atoms with E-state index in [4.69, 9.17) is 5.11 Å². The molecule has 106 valence electrons. The van der Waals surface area contributed by atoms with Crippen LogP contribution in [-0.4, -0.2) is 22.6 Å². The molecule has 4 nitrogen and oxygen atoms in total. The minimum Gasteiger partial charge on any atom is -0.395 e. The highest BCUT2D eigenvalue weighted by Crippen LogP contribution is 2.38. The monoisotopic (exact) mass is 272 g/mol. The van der Waals surface area contributed by atoms with Crippen molar-refractivity contribution in [3.05, 3.63) is 23.9 Å². The SMILES string of the molecule is CC1(C(=O)Nc2cccc(C#CCCO)n2)CCCC1. The largest absolute Gasteiger partial charge is 0.395 e. The Morgan fingerprint density at radius 1 is 1.45 bits per heavy atom. The molecule has 1 heterocycles. The van der Waals surface area contributed by atoms with Crippen molar-refractivity contribution < 1.29 is 9.90 Å². The summed E-state index contributed by atoms with van der Waals surface area (Å²) in [6.45, 7) is 2.06. The lowest BCUT2D eigenvalue weighted by atomic mass is 9.88. The van der Waals surface area contributed by atoms with E-state index >= 15 is 0 Å². The molecule has 0 unspecified atom stereocenters.